The minimum Gasteiger partial charge on any atom is -0.480 e. The van der Waals surface area contributed by atoms with Crippen LogP contribution in [0.2, 0.25) is 0 Å². The molecule has 568 valence electrons. The molecule has 0 unspecified atom stereocenters. The molecule has 6 aromatic rings. The third-order valence-corrected chi connectivity index (χ3v) is 21.5. The minimum atomic E-state index is -1.08. The van der Waals surface area contributed by atoms with Gasteiger partial charge in [-0.15, -0.1) is 46.4 Å². The molecule has 0 aliphatic carbocycles. The number of β-amino-alcohol motifs (C(OH)–C–C–N with tert-alkyl or cyclic N) is 3. The van der Waals surface area contributed by atoms with Gasteiger partial charge in [0.15, 0.2) is 0 Å². The number of aliphatic carboxylic acids is 1. The maximum absolute atomic E-state index is 13.6. The van der Waals surface area contributed by atoms with Crippen LogP contribution < -0.4 is 32.3 Å². The molecule has 104 heavy (non-hydrogen) atoms. The molecule has 0 bridgehead atoms. The number of likely N-dealkylation sites (tertiary alicyclic amines) is 3. The van der Waals surface area contributed by atoms with Gasteiger partial charge in [-0.3, -0.25) is 49.0 Å². The quantitative estimate of drug-likeness (QED) is 0.0286. The van der Waals surface area contributed by atoms with Crippen LogP contribution in [0.3, 0.4) is 0 Å². The number of carbonyl (C=O) groups excluding carboxylic acids is 7. The number of nitrogens with zero attached hydrogens (tertiary/aromatic N) is 6. The molecule has 9 rings (SSSR count). The van der Waals surface area contributed by atoms with Crippen molar-refractivity contribution >= 4 is 93.8 Å². The molecule has 25 nitrogen and oxygen atoms in total. The monoisotopic (exact) mass is 1510 g/mol. The largest absolute Gasteiger partial charge is 0.480 e. The number of benzene rings is 3. The number of rotatable bonds is 22. The Morgan fingerprint density at radius 1 is 0.500 bits per heavy atom. The summed E-state index contributed by atoms with van der Waals surface area (Å²) < 4.78 is 4.97. The number of nitrogens with two attached hydrogens (primary N) is 1. The van der Waals surface area contributed by atoms with E-state index in [1.54, 1.807) is 40.9 Å². The number of aromatic nitrogens is 3. The number of thiazole rings is 3. The van der Waals surface area contributed by atoms with E-state index in [4.69, 9.17) is 15.6 Å². The summed E-state index contributed by atoms with van der Waals surface area (Å²) in [6, 6.07) is 18.4. The topological polar surface area (TPSA) is 361 Å². The van der Waals surface area contributed by atoms with Crippen molar-refractivity contribution in [3.63, 3.8) is 0 Å². The summed E-state index contributed by atoms with van der Waals surface area (Å²) in [7, 11) is 0. The lowest BCUT2D eigenvalue weighted by Crippen LogP contribution is -2.57. The molecule has 0 saturated carbocycles. The first-order valence-corrected chi connectivity index (χ1v) is 37.4. The summed E-state index contributed by atoms with van der Waals surface area (Å²) in [5.74, 6) is -3.51. The Morgan fingerprint density at radius 3 is 1.04 bits per heavy atom. The molecule has 3 fully saturated rings. The van der Waals surface area contributed by atoms with Crippen molar-refractivity contribution in [2.75, 3.05) is 39.3 Å². The van der Waals surface area contributed by atoms with Gasteiger partial charge in [0.1, 0.15) is 18.1 Å². The molecule has 0 spiro atoms. The summed E-state index contributed by atoms with van der Waals surface area (Å²) in [4.78, 5) is 123. The van der Waals surface area contributed by atoms with Crippen LogP contribution >= 0.6 is 46.4 Å². The van der Waals surface area contributed by atoms with E-state index >= 15 is 0 Å². The van der Waals surface area contributed by atoms with Crippen LogP contribution in [0.4, 0.5) is 0 Å². The first kappa shape index (κ1) is 85.3. The van der Waals surface area contributed by atoms with Gasteiger partial charge in [0.05, 0.1) is 123 Å². The molecule has 0 radical (unpaired) electrons. The molecule has 11 N–H and O–H groups in total. The number of carboxylic acids is 1. The van der Waals surface area contributed by atoms with Crippen LogP contribution in [0.1, 0.15) is 161 Å². The number of amides is 6. The Labute approximate surface area is 628 Å². The van der Waals surface area contributed by atoms with Crippen molar-refractivity contribution in [1.82, 2.24) is 56.2 Å². The fraction of sp³-hybridized carbons (Fsp3) is 0.533. The highest BCUT2D eigenvalue weighted by atomic mass is 35.5. The molecule has 6 heterocycles. The molecule has 3 aromatic carbocycles. The lowest BCUT2D eigenvalue weighted by atomic mass is 9.85. The predicted molar refractivity (Wildman–Crippen MR) is 406 cm³/mol. The molecule has 12 atom stereocenters. The molecule has 3 aromatic heterocycles. The van der Waals surface area contributed by atoms with Crippen LogP contribution in [-0.2, 0) is 43.1 Å². The second-order valence-electron chi connectivity index (χ2n) is 29.9. The molecule has 3 aliphatic rings. The van der Waals surface area contributed by atoms with Gasteiger partial charge in [0.25, 0.3) is 0 Å². The number of esters is 1. The van der Waals surface area contributed by atoms with Crippen molar-refractivity contribution < 1.29 is 63.5 Å². The minimum absolute atomic E-state index is 0. The Morgan fingerprint density at radius 2 is 0.788 bits per heavy atom. The van der Waals surface area contributed by atoms with E-state index in [2.05, 4.69) is 41.5 Å². The number of nitrogens with one attached hydrogen (secondary N) is 5. The standard InChI is InChI=1S/C27H38N4O5S.C25H34N4O5S.C23H32N4O3S.ClH/c1-7-36-22(33)13-28-24(27(4,5)6)26(35)31-14-20(32)12-21(31)25(34)30-16(2)18-8-10-19(11-9-18)23-17(3)29-15-37-23;1-14(16-6-8-17(9-7-16)21-15(2)27-13-35-21)28-23(33)19-10-18(30)12-29(19)24(34)22(25(3,4)5)26-11-20(31)32;1-13(15-6-8-16(9-7-15)19-14(2)25-12-31-19)26-21(29)18-10-17(28)11-27(18)22(30)20(24)23(3,4)5;/h8-11,15-16,20-21,24,28,32H,7,12-14H2,1-6H3,(H,30,34);6-9,13-14,18-19,22,26,30H,10-12H2,1-5H3,(H,28,33)(H,31,32);6-9,12-13,17-18,20,28H,10-11,24H2,1-5H3,(H,26,29);1H/t16-,20+,21-,24+;14-,18+,19-,22+;13-,17+,18-,20+;/m000./s1. The highest BCUT2D eigenvalue weighted by Gasteiger charge is 2.47. The smallest absolute Gasteiger partial charge is 0.319 e. The van der Waals surface area contributed by atoms with Crippen LogP contribution in [0.15, 0.2) is 89.3 Å². The highest BCUT2D eigenvalue weighted by Crippen LogP contribution is 2.34. The zero-order valence-corrected chi connectivity index (χ0v) is 65.6. The second-order valence-corrected chi connectivity index (χ2v) is 32.5. The number of carboxylic acid groups (broad SMARTS) is 1. The van der Waals surface area contributed by atoms with E-state index in [9.17, 15) is 53.7 Å². The summed E-state index contributed by atoms with van der Waals surface area (Å²) >= 11 is 4.76. The van der Waals surface area contributed by atoms with E-state index in [1.807, 2.05) is 193 Å². The van der Waals surface area contributed by atoms with Crippen molar-refractivity contribution in [2.24, 2.45) is 22.0 Å². The summed E-state index contributed by atoms with van der Waals surface area (Å²) in [5, 5.41) is 54.6. The van der Waals surface area contributed by atoms with Gasteiger partial charge in [-0.05, 0) is 98.1 Å². The van der Waals surface area contributed by atoms with E-state index < -0.39 is 88.7 Å². The normalized spacial score (nSPS) is 19.9. The van der Waals surface area contributed by atoms with Crippen molar-refractivity contribution in [3.8, 4) is 31.3 Å². The number of carbonyl (C=O) groups is 8. The van der Waals surface area contributed by atoms with E-state index in [1.165, 1.54) is 14.7 Å². The van der Waals surface area contributed by atoms with Crippen LogP contribution in [0, 0.1) is 37.0 Å². The number of hydrogen-bond acceptors (Lipinski definition) is 21. The number of hydrogen-bond donors (Lipinski definition) is 10. The van der Waals surface area contributed by atoms with Gasteiger partial charge >= 0.3 is 11.9 Å². The molecule has 29 heteroatoms. The van der Waals surface area contributed by atoms with Crippen LogP contribution in [-0.4, -0.2) is 191 Å². The molecule has 6 amide bonds. The zero-order chi connectivity index (χ0) is 76.2. The van der Waals surface area contributed by atoms with Gasteiger partial charge in [0.2, 0.25) is 35.4 Å². The van der Waals surface area contributed by atoms with Gasteiger partial charge < -0.3 is 61.5 Å². The first-order valence-electron chi connectivity index (χ1n) is 34.8. The molecular formula is C75H105ClN12O13S3. The average Bonchev–Trinajstić information content (AvgIpc) is 1.63. The van der Waals surface area contributed by atoms with Crippen molar-refractivity contribution in [3.05, 3.63) is 123 Å². The third kappa shape index (κ3) is 22.5. The predicted octanol–water partition coefficient (Wildman–Crippen LogP) is 8.22. The van der Waals surface area contributed by atoms with Crippen LogP contribution in [0.25, 0.3) is 31.3 Å². The summed E-state index contributed by atoms with van der Waals surface area (Å²) in [5.41, 5.74) is 19.0. The van der Waals surface area contributed by atoms with Gasteiger partial charge in [-0.25, -0.2) is 15.0 Å². The van der Waals surface area contributed by atoms with Crippen LogP contribution in [0.5, 0.6) is 0 Å². The third-order valence-electron chi connectivity index (χ3n) is 18.6. The summed E-state index contributed by atoms with van der Waals surface area (Å²) in [6.07, 6.45) is -1.87. The van der Waals surface area contributed by atoms with Gasteiger partial charge in [-0.2, -0.15) is 0 Å². The van der Waals surface area contributed by atoms with E-state index in [0.29, 0.717) is 0 Å². The first-order chi connectivity index (χ1) is 48.3. The number of aliphatic hydroxyl groups is 3. The molecule has 3 saturated heterocycles. The average molecular weight is 1510 g/mol. The maximum atomic E-state index is 13.6. The molecular weight excluding hydrogens is 1410 g/mol. The fourth-order valence-corrected chi connectivity index (χ4v) is 15.0. The number of aryl methyl sites for hydroxylation is 3. The van der Waals surface area contributed by atoms with Crippen molar-refractivity contribution in [2.45, 2.75) is 203 Å². The van der Waals surface area contributed by atoms with E-state index in [-0.39, 0.29) is 119 Å². The zero-order valence-electron chi connectivity index (χ0n) is 62.3. The Bertz CT molecular complexity index is 3890. The van der Waals surface area contributed by atoms with Gasteiger partial charge in [-0.1, -0.05) is 135 Å². The molecule has 3 aliphatic heterocycles. The highest BCUT2D eigenvalue weighted by molar-refractivity contribution is 7.14. The fourth-order valence-electron chi connectivity index (χ4n) is 12.6. The van der Waals surface area contributed by atoms with Crippen molar-refractivity contribution in [1.29, 1.82) is 0 Å². The Balaban J connectivity index is 0.000000245. The summed E-state index contributed by atoms with van der Waals surface area (Å²) in [6.45, 7) is 30.0. The van der Waals surface area contributed by atoms with Gasteiger partial charge in [0, 0.05) is 38.9 Å². The number of ether oxygens (including phenoxy) is 1. The number of halogens is 1. The Kier molecular flexibility index (Phi) is 30.4. The number of aliphatic hydroxyl groups excluding tert-OH is 3. The second kappa shape index (κ2) is 37.1. The Hall–Kier alpha value is -7.64. The lowest BCUT2D eigenvalue weighted by molar-refractivity contribution is -0.145. The SMILES string of the molecule is CCOC(=O)CN[C@H](C(=O)N1C[C@H](O)C[C@H]1C(=O)N[C@@H](C)c1ccc(-c2scnc2C)cc1)C(C)(C)C.Cc1ncsc1-c1ccc([C@H](C)NC(=O)[C@@H]2C[C@@H](O)CN2C(=O)[C@@H](N)C(C)(C)C)cc1.Cc1ncsc1-c1ccc([C@H](C)NC(=O)[C@@H]2C[C@@H](O)CN2C(=O)[C@@H](NCC(=O)O)C(C)(C)C)cc1.Cl. The maximum Gasteiger partial charge on any atom is 0.319 e. The lowest BCUT2D eigenvalue weighted by Gasteiger charge is -2.35. The van der Waals surface area contributed by atoms with E-state index in [0.717, 1.165) is 65.1 Å².